The molecular formula is C14H11ClO5S. The molecule has 1 aliphatic heterocycles. The molecule has 1 aromatic carbocycles. The fourth-order valence-corrected chi connectivity index (χ4v) is 3.53. The maximum atomic E-state index is 12.3. The monoisotopic (exact) mass is 326 g/mol. The fourth-order valence-electron chi connectivity index (χ4n) is 2.22. The third-order valence-corrected chi connectivity index (χ3v) is 4.59. The molecule has 0 saturated heterocycles. The molecule has 3 rings (SSSR count). The first kappa shape index (κ1) is 14.2. The van der Waals surface area contributed by atoms with Gasteiger partial charge in [-0.3, -0.25) is 4.21 Å². The first-order chi connectivity index (χ1) is 10.0. The van der Waals surface area contributed by atoms with Crippen molar-refractivity contribution in [3.8, 4) is 5.75 Å². The lowest BCUT2D eigenvalue weighted by Gasteiger charge is -2.08. The fraction of sp³-hybridized carbons (Fsp3) is 0.214. The van der Waals surface area contributed by atoms with E-state index in [1.165, 1.54) is 12.1 Å². The summed E-state index contributed by atoms with van der Waals surface area (Å²) in [4.78, 5) is 10.8. The van der Waals surface area contributed by atoms with Crippen molar-refractivity contribution >= 4 is 28.4 Å². The Hall–Kier alpha value is -1.79. The minimum atomic E-state index is -1.50. The molecule has 110 valence electrons. The van der Waals surface area contributed by atoms with Crippen LogP contribution in [-0.2, 0) is 23.0 Å². The van der Waals surface area contributed by atoms with E-state index >= 15 is 0 Å². The number of hydrogen-bond donors (Lipinski definition) is 1. The Bertz CT molecular complexity index is 737. The van der Waals surface area contributed by atoms with Gasteiger partial charge in [-0.05, 0) is 29.8 Å². The molecule has 0 amide bonds. The zero-order chi connectivity index (χ0) is 15.0. The Morgan fingerprint density at radius 2 is 2.19 bits per heavy atom. The topological polar surface area (TPSA) is 76.7 Å². The molecular weight excluding hydrogens is 316 g/mol. The molecule has 1 unspecified atom stereocenters. The quantitative estimate of drug-likeness (QED) is 0.934. The van der Waals surface area contributed by atoms with E-state index in [0.717, 1.165) is 23.3 Å². The Balaban J connectivity index is 1.86. The highest BCUT2D eigenvalue weighted by Gasteiger charge is 2.21. The van der Waals surface area contributed by atoms with Gasteiger partial charge in [0.1, 0.15) is 5.75 Å². The largest absolute Gasteiger partial charge is 0.493 e. The van der Waals surface area contributed by atoms with Crippen LogP contribution in [0.25, 0.3) is 0 Å². The van der Waals surface area contributed by atoms with Gasteiger partial charge in [0.15, 0.2) is 5.09 Å². The lowest BCUT2D eigenvalue weighted by molar-refractivity contribution is 0.0656. The molecule has 1 aliphatic rings. The second-order valence-corrected chi connectivity index (χ2v) is 6.38. The van der Waals surface area contributed by atoms with Gasteiger partial charge in [0.2, 0.25) is 5.76 Å². The first-order valence-corrected chi connectivity index (χ1v) is 7.90. The molecule has 5 nitrogen and oxygen atoms in total. The van der Waals surface area contributed by atoms with Gasteiger partial charge < -0.3 is 14.3 Å². The first-order valence-electron chi connectivity index (χ1n) is 6.20. The van der Waals surface area contributed by atoms with Crippen molar-refractivity contribution in [3.63, 3.8) is 0 Å². The summed E-state index contributed by atoms with van der Waals surface area (Å²) in [5.74, 6) is -0.538. The summed E-state index contributed by atoms with van der Waals surface area (Å²) in [5.41, 5.74) is 1.74. The predicted molar refractivity (Wildman–Crippen MR) is 76.4 cm³/mol. The summed E-state index contributed by atoms with van der Waals surface area (Å²) < 4.78 is 22.9. The number of carbonyl (C=O) groups is 1. The van der Waals surface area contributed by atoms with E-state index in [-0.39, 0.29) is 16.6 Å². The molecule has 1 atom stereocenters. The van der Waals surface area contributed by atoms with Crippen LogP contribution in [0.1, 0.15) is 21.7 Å². The third-order valence-electron chi connectivity index (χ3n) is 3.13. The Kier molecular flexibility index (Phi) is 3.73. The number of benzene rings is 1. The number of furan rings is 1. The van der Waals surface area contributed by atoms with Crippen molar-refractivity contribution in [2.24, 2.45) is 0 Å². The number of fused-ring (bicyclic) bond motifs is 1. The van der Waals surface area contributed by atoms with Crippen LogP contribution in [0.3, 0.4) is 0 Å². The maximum Gasteiger partial charge on any atom is 0.371 e. The summed E-state index contributed by atoms with van der Waals surface area (Å²) in [6.07, 6.45) is 0.777. The van der Waals surface area contributed by atoms with E-state index in [9.17, 15) is 9.00 Å². The van der Waals surface area contributed by atoms with Crippen molar-refractivity contribution in [1.82, 2.24) is 0 Å². The van der Waals surface area contributed by atoms with Gasteiger partial charge in [-0.2, -0.15) is 0 Å². The van der Waals surface area contributed by atoms with Crippen molar-refractivity contribution in [2.45, 2.75) is 17.3 Å². The van der Waals surface area contributed by atoms with Gasteiger partial charge in [-0.15, -0.1) is 0 Å². The Morgan fingerprint density at radius 1 is 1.38 bits per heavy atom. The summed E-state index contributed by atoms with van der Waals surface area (Å²) in [5, 5.41) is 9.49. The zero-order valence-corrected chi connectivity index (χ0v) is 12.4. The van der Waals surface area contributed by atoms with Gasteiger partial charge in [0.05, 0.1) is 23.2 Å². The summed E-state index contributed by atoms with van der Waals surface area (Å²) in [6, 6.07) is 6.25. The normalized spacial score (nSPS) is 14.5. The van der Waals surface area contributed by atoms with Gasteiger partial charge in [-0.25, -0.2) is 4.79 Å². The third kappa shape index (κ3) is 2.82. The number of carboxylic acid groups (broad SMARTS) is 1. The molecule has 0 bridgehead atoms. The highest BCUT2D eigenvalue weighted by molar-refractivity contribution is 7.84. The number of aromatic carboxylic acids is 1. The minimum absolute atomic E-state index is 0.124. The van der Waals surface area contributed by atoms with E-state index in [2.05, 4.69) is 0 Å². The highest BCUT2D eigenvalue weighted by atomic mass is 35.5. The molecule has 0 radical (unpaired) electrons. The molecule has 0 fully saturated rings. The SMILES string of the molecule is O=C(O)c1ccc(S(=O)Cc2cc(Cl)cc3c2OCC3)o1. The van der Waals surface area contributed by atoms with E-state index in [1.807, 2.05) is 6.07 Å². The number of ether oxygens (including phenoxy) is 1. The average molecular weight is 327 g/mol. The van der Waals surface area contributed by atoms with Crippen LogP contribution in [0.2, 0.25) is 5.02 Å². The van der Waals surface area contributed by atoms with Crippen LogP contribution in [-0.4, -0.2) is 21.9 Å². The number of rotatable bonds is 4. The van der Waals surface area contributed by atoms with Gasteiger partial charge in [0, 0.05) is 17.0 Å². The maximum absolute atomic E-state index is 12.3. The van der Waals surface area contributed by atoms with Crippen LogP contribution < -0.4 is 4.74 Å². The van der Waals surface area contributed by atoms with E-state index in [0.29, 0.717) is 11.6 Å². The Labute approximate surface area is 127 Å². The average Bonchev–Trinajstić information content (AvgIpc) is 3.06. The smallest absolute Gasteiger partial charge is 0.371 e. The molecule has 2 heterocycles. The summed E-state index contributed by atoms with van der Waals surface area (Å²) >= 11 is 6.05. The van der Waals surface area contributed by atoms with E-state index in [4.69, 9.17) is 25.9 Å². The molecule has 0 saturated carbocycles. The molecule has 0 spiro atoms. The second-order valence-electron chi connectivity index (χ2n) is 4.57. The van der Waals surface area contributed by atoms with Crippen LogP contribution in [0.5, 0.6) is 5.75 Å². The van der Waals surface area contributed by atoms with Crippen molar-refractivity contribution < 1.29 is 23.3 Å². The number of carboxylic acids is 1. The van der Waals surface area contributed by atoms with Gasteiger partial charge in [0.25, 0.3) is 0 Å². The molecule has 1 N–H and O–H groups in total. The molecule has 2 aromatic rings. The second kappa shape index (κ2) is 5.54. The van der Waals surface area contributed by atoms with E-state index < -0.39 is 16.8 Å². The van der Waals surface area contributed by atoms with Crippen LogP contribution in [0.15, 0.2) is 33.8 Å². The number of hydrogen-bond acceptors (Lipinski definition) is 4. The lowest BCUT2D eigenvalue weighted by atomic mass is 10.1. The minimum Gasteiger partial charge on any atom is -0.493 e. The Morgan fingerprint density at radius 3 is 2.90 bits per heavy atom. The van der Waals surface area contributed by atoms with Crippen molar-refractivity contribution in [1.29, 1.82) is 0 Å². The van der Waals surface area contributed by atoms with Crippen LogP contribution in [0, 0.1) is 0 Å². The standard InChI is InChI=1S/C14H11ClO5S/c15-10-5-8-3-4-19-13(8)9(6-10)7-21(18)12-2-1-11(20-12)14(16)17/h1-2,5-6H,3-4,7H2,(H,16,17). The molecule has 0 aliphatic carbocycles. The molecule has 1 aromatic heterocycles. The zero-order valence-electron chi connectivity index (χ0n) is 10.8. The van der Waals surface area contributed by atoms with Gasteiger partial charge in [-0.1, -0.05) is 11.6 Å². The van der Waals surface area contributed by atoms with Gasteiger partial charge >= 0.3 is 5.97 Å². The van der Waals surface area contributed by atoms with Crippen LogP contribution >= 0.6 is 11.6 Å². The predicted octanol–water partition coefficient (Wildman–Crippen LogP) is 2.87. The highest BCUT2D eigenvalue weighted by Crippen LogP contribution is 2.34. The van der Waals surface area contributed by atoms with E-state index in [1.54, 1.807) is 6.07 Å². The van der Waals surface area contributed by atoms with Crippen LogP contribution in [0.4, 0.5) is 0 Å². The van der Waals surface area contributed by atoms with Crippen molar-refractivity contribution in [2.75, 3.05) is 6.61 Å². The lowest BCUT2D eigenvalue weighted by Crippen LogP contribution is -1.99. The number of halogens is 1. The summed E-state index contributed by atoms with van der Waals surface area (Å²) in [7, 11) is -1.50. The van der Waals surface area contributed by atoms with Crippen molar-refractivity contribution in [3.05, 3.63) is 46.2 Å². The molecule has 7 heteroatoms. The summed E-state index contributed by atoms with van der Waals surface area (Å²) in [6.45, 7) is 0.583. The molecule has 21 heavy (non-hydrogen) atoms.